The van der Waals surface area contributed by atoms with Gasteiger partial charge in [-0.1, -0.05) is 43.3 Å². The van der Waals surface area contributed by atoms with Gasteiger partial charge in [0.05, 0.1) is 6.04 Å². The van der Waals surface area contributed by atoms with E-state index in [0.29, 0.717) is 30.1 Å². The summed E-state index contributed by atoms with van der Waals surface area (Å²) >= 11 is 0. The van der Waals surface area contributed by atoms with Crippen molar-refractivity contribution in [1.82, 2.24) is 20.1 Å². The number of cyclic esters (lactones) is 1. The van der Waals surface area contributed by atoms with Gasteiger partial charge in [0.15, 0.2) is 0 Å². The van der Waals surface area contributed by atoms with Crippen LogP contribution < -0.4 is 10.2 Å². The van der Waals surface area contributed by atoms with Crippen molar-refractivity contribution in [3.05, 3.63) is 48.0 Å². The molecule has 9 nitrogen and oxygen atoms in total. The maximum absolute atomic E-state index is 12.2. The maximum Gasteiger partial charge on any atom is 0.415 e. The van der Waals surface area contributed by atoms with Gasteiger partial charge in [0.2, 0.25) is 17.7 Å². The number of amides is 1. The van der Waals surface area contributed by atoms with Gasteiger partial charge < -0.3 is 14.6 Å². The highest BCUT2D eigenvalue weighted by Crippen LogP contribution is 2.27. The van der Waals surface area contributed by atoms with E-state index in [-0.39, 0.29) is 18.0 Å². The molecule has 0 aliphatic carbocycles. The van der Waals surface area contributed by atoms with Crippen molar-refractivity contribution in [3.8, 4) is 11.4 Å². The third kappa shape index (κ3) is 3.83. The minimum Gasteiger partial charge on any atom is -0.447 e. The Kier molecular flexibility index (Phi) is 5.35. The van der Waals surface area contributed by atoms with E-state index >= 15 is 0 Å². The number of aryl methyl sites for hydroxylation is 1. The number of benzene rings is 1. The molecule has 0 spiro atoms. The number of aromatic nitrogens is 4. The Balaban J connectivity index is 1.52. The molecule has 2 atom stereocenters. The van der Waals surface area contributed by atoms with E-state index in [2.05, 4.69) is 25.4 Å². The second-order valence-electron chi connectivity index (χ2n) is 7.63. The number of hydrogen-bond acceptors (Lipinski definition) is 8. The van der Waals surface area contributed by atoms with Crippen molar-refractivity contribution in [2.24, 2.45) is 5.92 Å². The van der Waals surface area contributed by atoms with Crippen LogP contribution in [0.2, 0.25) is 0 Å². The summed E-state index contributed by atoms with van der Waals surface area (Å²) in [5.41, 5.74) is 1.99. The van der Waals surface area contributed by atoms with Gasteiger partial charge in [-0.05, 0) is 31.4 Å². The van der Waals surface area contributed by atoms with Crippen molar-refractivity contribution in [2.75, 3.05) is 16.8 Å². The molecule has 1 saturated heterocycles. The van der Waals surface area contributed by atoms with Crippen LogP contribution in [0.15, 0.2) is 41.1 Å². The number of nitrogens with one attached hydrogen (secondary N) is 1. The van der Waals surface area contributed by atoms with Crippen LogP contribution in [0.4, 0.5) is 16.6 Å². The third-order valence-electron chi connectivity index (χ3n) is 5.11. The summed E-state index contributed by atoms with van der Waals surface area (Å²) in [5.74, 6) is 2.04. The highest BCUT2D eigenvalue weighted by molar-refractivity contribution is 5.89. The van der Waals surface area contributed by atoms with E-state index in [1.165, 1.54) is 0 Å². The summed E-state index contributed by atoms with van der Waals surface area (Å²) in [7, 11) is 0. The molecule has 1 fully saturated rings. The summed E-state index contributed by atoms with van der Waals surface area (Å²) in [6.07, 6.45) is 1.21. The molecule has 1 N–H and O–H groups in total. The standard InChI is InChI=1S/C21H24N6O3/c1-12(2)16-11-29-21(28)27(16)17-9-10-22-20(24-17)23-14(4)19-25-18(26-30-19)15-8-6-5-7-13(15)3/h5-10,12,14,16H,11H2,1-4H3,(H,22,23,24)/t14-,16?/m0/s1. The number of anilines is 2. The first-order valence-corrected chi connectivity index (χ1v) is 9.89. The minimum absolute atomic E-state index is 0.0646. The molecule has 2 aromatic heterocycles. The van der Waals surface area contributed by atoms with Gasteiger partial charge in [-0.25, -0.2) is 9.78 Å². The van der Waals surface area contributed by atoms with Crippen LogP contribution in [-0.4, -0.2) is 38.9 Å². The fraction of sp³-hybridized carbons (Fsp3) is 0.381. The summed E-state index contributed by atoms with van der Waals surface area (Å²) in [6, 6.07) is 9.17. The third-order valence-corrected chi connectivity index (χ3v) is 5.11. The van der Waals surface area contributed by atoms with Crippen LogP contribution in [0.25, 0.3) is 11.4 Å². The molecule has 0 saturated carbocycles. The number of rotatable bonds is 6. The monoisotopic (exact) mass is 408 g/mol. The largest absolute Gasteiger partial charge is 0.447 e. The second-order valence-corrected chi connectivity index (χ2v) is 7.63. The van der Waals surface area contributed by atoms with Crippen molar-refractivity contribution in [2.45, 2.75) is 39.8 Å². The number of carbonyl (C=O) groups is 1. The van der Waals surface area contributed by atoms with Crippen molar-refractivity contribution in [3.63, 3.8) is 0 Å². The van der Waals surface area contributed by atoms with E-state index in [4.69, 9.17) is 9.26 Å². The summed E-state index contributed by atoms with van der Waals surface area (Å²) in [4.78, 5) is 27.0. The highest BCUT2D eigenvalue weighted by atomic mass is 16.6. The molecule has 1 aliphatic rings. The first kappa shape index (κ1) is 19.8. The predicted molar refractivity (Wildman–Crippen MR) is 111 cm³/mol. The van der Waals surface area contributed by atoms with Gasteiger partial charge in [0.25, 0.3) is 0 Å². The van der Waals surface area contributed by atoms with Gasteiger partial charge in [0.1, 0.15) is 18.5 Å². The Labute approximate surface area is 174 Å². The zero-order chi connectivity index (χ0) is 21.3. The van der Waals surface area contributed by atoms with Crippen LogP contribution in [0, 0.1) is 12.8 Å². The molecule has 9 heteroatoms. The Morgan fingerprint density at radius 2 is 1.97 bits per heavy atom. The predicted octanol–water partition coefficient (Wildman–Crippen LogP) is 3.99. The van der Waals surface area contributed by atoms with Gasteiger partial charge in [-0.3, -0.25) is 4.90 Å². The molecular weight excluding hydrogens is 384 g/mol. The smallest absolute Gasteiger partial charge is 0.415 e. The molecule has 0 bridgehead atoms. The van der Waals surface area contributed by atoms with Crippen molar-refractivity contribution >= 4 is 17.9 Å². The number of nitrogens with zero attached hydrogens (tertiary/aromatic N) is 5. The molecule has 0 radical (unpaired) electrons. The number of carbonyl (C=O) groups excluding carboxylic acids is 1. The van der Waals surface area contributed by atoms with Gasteiger partial charge in [0, 0.05) is 11.8 Å². The van der Waals surface area contributed by atoms with Gasteiger partial charge in [-0.2, -0.15) is 9.97 Å². The van der Waals surface area contributed by atoms with Crippen LogP contribution in [0.5, 0.6) is 0 Å². The van der Waals surface area contributed by atoms with Gasteiger partial charge >= 0.3 is 6.09 Å². The second kappa shape index (κ2) is 8.10. The lowest BCUT2D eigenvalue weighted by Gasteiger charge is -2.23. The summed E-state index contributed by atoms with van der Waals surface area (Å²) in [6.45, 7) is 8.32. The van der Waals surface area contributed by atoms with E-state index in [1.807, 2.05) is 52.0 Å². The average Bonchev–Trinajstić information content (AvgIpc) is 3.36. The molecule has 30 heavy (non-hydrogen) atoms. The molecule has 1 aliphatic heterocycles. The zero-order valence-electron chi connectivity index (χ0n) is 17.4. The average molecular weight is 408 g/mol. The van der Waals surface area contributed by atoms with E-state index in [1.54, 1.807) is 17.2 Å². The highest BCUT2D eigenvalue weighted by Gasteiger charge is 2.37. The fourth-order valence-electron chi connectivity index (χ4n) is 3.34. The van der Waals surface area contributed by atoms with E-state index in [0.717, 1.165) is 11.1 Å². The van der Waals surface area contributed by atoms with E-state index < -0.39 is 6.09 Å². The molecular formula is C21H24N6O3. The van der Waals surface area contributed by atoms with Crippen molar-refractivity contribution < 1.29 is 14.1 Å². The summed E-state index contributed by atoms with van der Waals surface area (Å²) in [5, 5.41) is 7.26. The molecule has 4 rings (SSSR count). The number of hydrogen-bond donors (Lipinski definition) is 1. The Bertz CT molecular complexity index is 1050. The molecule has 3 heterocycles. The quantitative estimate of drug-likeness (QED) is 0.652. The minimum atomic E-state index is -0.397. The Morgan fingerprint density at radius 3 is 2.73 bits per heavy atom. The first-order valence-electron chi connectivity index (χ1n) is 9.89. The molecule has 1 aromatic carbocycles. The molecule has 1 unspecified atom stereocenters. The maximum atomic E-state index is 12.2. The molecule has 156 valence electrons. The van der Waals surface area contributed by atoms with E-state index in [9.17, 15) is 4.79 Å². The normalized spacial score (nSPS) is 17.3. The van der Waals surface area contributed by atoms with Gasteiger partial charge in [-0.15, -0.1) is 0 Å². The lowest BCUT2D eigenvalue weighted by molar-refractivity contribution is 0.177. The Morgan fingerprint density at radius 1 is 1.17 bits per heavy atom. The van der Waals surface area contributed by atoms with Crippen LogP contribution in [0.3, 0.4) is 0 Å². The van der Waals surface area contributed by atoms with Crippen LogP contribution in [0.1, 0.15) is 38.3 Å². The lowest BCUT2D eigenvalue weighted by atomic mass is 10.0. The first-order chi connectivity index (χ1) is 14.4. The topological polar surface area (TPSA) is 106 Å². The summed E-state index contributed by atoms with van der Waals surface area (Å²) < 4.78 is 10.7. The molecule has 1 amide bonds. The van der Waals surface area contributed by atoms with Crippen LogP contribution in [-0.2, 0) is 4.74 Å². The van der Waals surface area contributed by atoms with Crippen LogP contribution >= 0.6 is 0 Å². The fourth-order valence-corrected chi connectivity index (χ4v) is 3.34. The number of ether oxygens (including phenoxy) is 1. The molecule has 3 aromatic rings. The zero-order valence-corrected chi connectivity index (χ0v) is 17.4. The Hall–Kier alpha value is -3.49. The SMILES string of the molecule is Cc1ccccc1-c1noc([C@H](C)Nc2nccc(N3C(=O)OCC3C(C)C)n2)n1. The van der Waals surface area contributed by atoms with Crippen molar-refractivity contribution in [1.29, 1.82) is 0 Å². The lowest BCUT2D eigenvalue weighted by Crippen LogP contribution is -2.37.